The van der Waals surface area contributed by atoms with E-state index in [2.05, 4.69) is 21.2 Å². The standard InChI is InChI=1S/C13H10BrF3N2/c14-9-3-6-11(18)12(7-9)19-10-4-1-8(2-5-10)13(15,16)17/h1-7,19H,18H2. The normalized spacial score (nSPS) is 11.4. The average molecular weight is 331 g/mol. The minimum atomic E-state index is -4.33. The van der Waals surface area contributed by atoms with E-state index < -0.39 is 11.7 Å². The fourth-order valence-electron chi connectivity index (χ4n) is 1.53. The first kappa shape index (κ1) is 13.7. The predicted octanol–water partition coefficient (Wildman–Crippen LogP) is 4.79. The van der Waals surface area contributed by atoms with E-state index in [9.17, 15) is 13.2 Å². The molecule has 19 heavy (non-hydrogen) atoms. The Bertz CT molecular complexity index is 579. The topological polar surface area (TPSA) is 38.0 Å². The van der Waals surface area contributed by atoms with Crippen LogP contribution in [-0.2, 0) is 6.18 Å². The smallest absolute Gasteiger partial charge is 0.397 e. The number of nitrogens with one attached hydrogen (secondary N) is 1. The van der Waals surface area contributed by atoms with Crippen molar-refractivity contribution in [2.75, 3.05) is 11.1 Å². The summed E-state index contributed by atoms with van der Waals surface area (Å²) >= 11 is 3.30. The Kier molecular flexibility index (Phi) is 3.71. The highest BCUT2D eigenvalue weighted by Crippen LogP contribution is 2.31. The molecule has 0 atom stereocenters. The van der Waals surface area contributed by atoms with Gasteiger partial charge in [0, 0.05) is 10.2 Å². The highest BCUT2D eigenvalue weighted by molar-refractivity contribution is 9.10. The molecular weight excluding hydrogens is 321 g/mol. The quantitative estimate of drug-likeness (QED) is 0.776. The van der Waals surface area contributed by atoms with Gasteiger partial charge in [0.1, 0.15) is 0 Å². The van der Waals surface area contributed by atoms with E-state index in [0.717, 1.165) is 16.6 Å². The van der Waals surface area contributed by atoms with Crippen molar-refractivity contribution in [1.82, 2.24) is 0 Å². The molecule has 0 aliphatic rings. The van der Waals surface area contributed by atoms with Crippen molar-refractivity contribution in [2.45, 2.75) is 6.18 Å². The van der Waals surface area contributed by atoms with Crippen LogP contribution in [0.4, 0.5) is 30.2 Å². The number of rotatable bonds is 2. The maximum atomic E-state index is 12.4. The minimum absolute atomic E-state index is 0.517. The molecular formula is C13H10BrF3N2. The Balaban J connectivity index is 2.22. The predicted molar refractivity (Wildman–Crippen MR) is 73.3 cm³/mol. The van der Waals surface area contributed by atoms with Gasteiger partial charge in [-0.25, -0.2) is 0 Å². The molecule has 0 saturated heterocycles. The van der Waals surface area contributed by atoms with Gasteiger partial charge in [-0.05, 0) is 42.5 Å². The van der Waals surface area contributed by atoms with Crippen LogP contribution in [0.15, 0.2) is 46.9 Å². The van der Waals surface area contributed by atoms with Gasteiger partial charge in [0.25, 0.3) is 0 Å². The van der Waals surface area contributed by atoms with E-state index >= 15 is 0 Å². The number of alkyl halides is 3. The number of hydrogen-bond acceptors (Lipinski definition) is 2. The third-order valence-electron chi connectivity index (χ3n) is 2.51. The van der Waals surface area contributed by atoms with E-state index in [-0.39, 0.29) is 0 Å². The number of benzene rings is 2. The van der Waals surface area contributed by atoms with Crippen LogP contribution in [0.2, 0.25) is 0 Å². The second kappa shape index (κ2) is 5.13. The van der Waals surface area contributed by atoms with E-state index in [1.165, 1.54) is 12.1 Å². The van der Waals surface area contributed by atoms with Crippen LogP contribution in [0.5, 0.6) is 0 Å². The van der Waals surface area contributed by atoms with Gasteiger partial charge in [-0.1, -0.05) is 15.9 Å². The van der Waals surface area contributed by atoms with Crippen molar-refractivity contribution in [3.05, 3.63) is 52.5 Å². The first-order chi connectivity index (χ1) is 8.86. The third-order valence-corrected chi connectivity index (χ3v) is 3.00. The molecule has 100 valence electrons. The highest BCUT2D eigenvalue weighted by Gasteiger charge is 2.29. The maximum Gasteiger partial charge on any atom is 0.416 e. The minimum Gasteiger partial charge on any atom is -0.397 e. The average Bonchev–Trinajstić information content (AvgIpc) is 2.33. The van der Waals surface area contributed by atoms with Crippen molar-refractivity contribution in [2.24, 2.45) is 0 Å². The Hall–Kier alpha value is -1.69. The number of anilines is 3. The van der Waals surface area contributed by atoms with Gasteiger partial charge in [-0.2, -0.15) is 13.2 Å². The molecule has 0 fully saturated rings. The van der Waals surface area contributed by atoms with Gasteiger partial charge in [-0.3, -0.25) is 0 Å². The fourth-order valence-corrected chi connectivity index (χ4v) is 1.90. The first-order valence-electron chi connectivity index (χ1n) is 5.35. The molecule has 2 aromatic carbocycles. The third kappa shape index (κ3) is 3.41. The lowest BCUT2D eigenvalue weighted by molar-refractivity contribution is -0.137. The summed E-state index contributed by atoms with van der Waals surface area (Å²) in [6, 6.07) is 10.0. The van der Waals surface area contributed by atoms with Crippen LogP contribution in [0.25, 0.3) is 0 Å². The molecule has 0 heterocycles. The van der Waals surface area contributed by atoms with Crippen LogP contribution in [-0.4, -0.2) is 0 Å². The summed E-state index contributed by atoms with van der Waals surface area (Å²) in [7, 11) is 0. The zero-order chi connectivity index (χ0) is 14.0. The van der Waals surface area contributed by atoms with Gasteiger partial charge >= 0.3 is 6.18 Å². The molecule has 0 bridgehead atoms. The molecule has 0 saturated carbocycles. The van der Waals surface area contributed by atoms with Crippen LogP contribution in [0, 0.1) is 0 Å². The molecule has 0 unspecified atom stereocenters. The monoisotopic (exact) mass is 330 g/mol. The summed E-state index contributed by atoms with van der Waals surface area (Å²) in [6.45, 7) is 0. The molecule has 0 aliphatic heterocycles. The second-order valence-corrected chi connectivity index (χ2v) is 4.85. The summed E-state index contributed by atoms with van der Waals surface area (Å²) in [5.41, 5.74) is 6.78. The van der Waals surface area contributed by atoms with E-state index in [4.69, 9.17) is 5.73 Å². The van der Waals surface area contributed by atoms with Crippen molar-refractivity contribution < 1.29 is 13.2 Å². The van der Waals surface area contributed by atoms with Gasteiger partial charge in [0.2, 0.25) is 0 Å². The Morgan fingerprint density at radius 1 is 1.00 bits per heavy atom. The zero-order valence-corrected chi connectivity index (χ0v) is 11.2. The SMILES string of the molecule is Nc1ccc(Br)cc1Nc1ccc(C(F)(F)F)cc1. The Labute approximate surface area is 116 Å². The van der Waals surface area contributed by atoms with E-state index in [0.29, 0.717) is 17.1 Å². The molecule has 0 aliphatic carbocycles. The molecule has 2 aromatic rings. The fraction of sp³-hybridized carbons (Fsp3) is 0.0769. The van der Waals surface area contributed by atoms with Crippen molar-refractivity contribution in [1.29, 1.82) is 0 Å². The van der Waals surface area contributed by atoms with E-state index in [1.807, 2.05) is 0 Å². The summed E-state index contributed by atoms with van der Waals surface area (Å²) in [4.78, 5) is 0. The lowest BCUT2D eigenvalue weighted by Gasteiger charge is -2.11. The number of nitrogens with two attached hydrogens (primary N) is 1. The maximum absolute atomic E-state index is 12.4. The van der Waals surface area contributed by atoms with Crippen LogP contribution in [0.1, 0.15) is 5.56 Å². The van der Waals surface area contributed by atoms with Gasteiger partial charge in [-0.15, -0.1) is 0 Å². The number of halogens is 4. The number of hydrogen-bond donors (Lipinski definition) is 2. The van der Waals surface area contributed by atoms with Gasteiger partial charge in [0.15, 0.2) is 0 Å². The lowest BCUT2D eigenvalue weighted by Crippen LogP contribution is -2.04. The van der Waals surface area contributed by atoms with Crippen LogP contribution < -0.4 is 11.1 Å². The molecule has 0 amide bonds. The van der Waals surface area contributed by atoms with Gasteiger partial charge in [0.05, 0.1) is 16.9 Å². The summed E-state index contributed by atoms with van der Waals surface area (Å²) in [5.74, 6) is 0. The second-order valence-electron chi connectivity index (χ2n) is 3.93. The summed E-state index contributed by atoms with van der Waals surface area (Å²) in [6.07, 6.45) is -4.33. The van der Waals surface area contributed by atoms with Crippen molar-refractivity contribution in [3.8, 4) is 0 Å². The van der Waals surface area contributed by atoms with Crippen molar-refractivity contribution in [3.63, 3.8) is 0 Å². The van der Waals surface area contributed by atoms with Crippen molar-refractivity contribution >= 4 is 33.0 Å². The van der Waals surface area contributed by atoms with Gasteiger partial charge < -0.3 is 11.1 Å². The highest BCUT2D eigenvalue weighted by atomic mass is 79.9. The molecule has 0 radical (unpaired) electrons. The first-order valence-corrected chi connectivity index (χ1v) is 6.15. The van der Waals surface area contributed by atoms with E-state index in [1.54, 1.807) is 18.2 Å². The van der Waals surface area contributed by atoms with Crippen LogP contribution >= 0.6 is 15.9 Å². The largest absolute Gasteiger partial charge is 0.416 e. The Morgan fingerprint density at radius 3 is 2.21 bits per heavy atom. The molecule has 0 aromatic heterocycles. The summed E-state index contributed by atoms with van der Waals surface area (Å²) in [5, 5.41) is 2.97. The lowest BCUT2D eigenvalue weighted by atomic mass is 10.2. The summed E-state index contributed by atoms with van der Waals surface area (Å²) < 4.78 is 38.1. The molecule has 3 N–H and O–H groups in total. The number of nitrogen functional groups attached to an aromatic ring is 1. The molecule has 2 nitrogen and oxygen atoms in total. The zero-order valence-electron chi connectivity index (χ0n) is 9.63. The molecule has 0 spiro atoms. The molecule has 2 rings (SSSR count). The Morgan fingerprint density at radius 2 is 1.63 bits per heavy atom. The van der Waals surface area contributed by atoms with Crippen LogP contribution in [0.3, 0.4) is 0 Å². The molecule has 6 heteroatoms.